The van der Waals surface area contributed by atoms with Gasteiger partial charge in [-0.2, -0.15) is 0 Å². The second-order valence-corrected chi connectivity index (χ2v) is 3.18. The van der Waals surface area contributed by atoms with E-state index in [1.807, 2.05) is 30.3 Å². The van der Waals surface area contributed by atoms with E-state index >= 15 is 0 Å². The lowest BCUT2D eigenvalue weighted by atomic mass is 10.2. The lowest BCUT2D eigenvalue weighted by Gasteiger charge is -2.07. The number of hydrogen-bond acceptors (Lipinski definition) is 3. The van der Waals surface area contributed by atoms with Crippen molar-refractivity contribution >= 4 is 0 Å². The van der Waals surface area contributed by atoms with Crippen molar-refractivity contribution in [2.75, 3.05) is 13.2 Å². The number of aliphatic hydroxyl groups is 2. The van der Waals surface area contributed by atoms with Crippen LogP contribution in [-0.4, -0.2) is 29.5 Å². The summed E-state index contributed by atoms with van der Waals surface area (Å²) in [5, 5.41) is 17.8. The average molecular weight is 208 g/mol. The van der Waals surface area contributed by atoms with E-state index in [1.54, 1.807) is 0 Å². The van der Waals surface area contributed by atoms with Gasteiger partial charge in [-0.25, -0.2) is 0 Å². The second kappa shape index (κ2) is 7.17. The molecule has 2 N–H and O–H groups in total. The van der Waals surface area contributed by atoms with Crippen LogP contribution in [-0.2, 0) is 11.3 Å². The molecule has 0 spiro atoms. The van der Waals surface area contributed by atoms with Crippen LogP contribution in [0.4, 0.5) is 0 Å². The van der Waals surface area contributed by atoms with Crippen molar-refractivity contribution in [2.45, 2.75) is 12.7 Å². The van der Waals surface area contributed by atoms with Gasteiger partial charge < -0.3 is 14.9 Å². The van der Waals surface area contributed by atoms with Crippen molar-refractivity contribution in [2.24, 2.45) is 0 Å². The minimum absolute atomic E-state index is 0.0598. The molecule has 0 aromatic heterocycles. The number of ether oxygens (including phenoxy) is 1. The summed E-state index contributed by atoms with van der Waals surface area (Å²) in [4.78, 5) is 0. The molecule has 1 aromatic rings. The Morgan fingerprint density at radius 1 is 1.27 bits per heavy atom. The summed E-state index contributed by atoms with van der Waals surface area (Å²) in [7, 11) is 0. The van der Waals surface area contributed by atoms with Crippen molar-refractivity contribution in [3.63, 3.8) is 0 Å². The normalized spacial score (nSPS) is 13.2. The first-order chi connectivity index (χ1) is 7.33. The number of hydrogen-bond donors (Lipinski definition) is 2. The molecule has 0 radical (unpaired) electrons. The highest BCUT2D eigenvalue weighted by Crippen LogP contribution is 2.01. The summed E-state index contributed by atoms with van der Waals surface area (Å²) in [6.45, 7) is 0.673. The van der Waals surface area contributed by atoms with Gasteiger partial charge in [-0.1, -0.05) is 42.5 Å². The Balaban J connectivity index is 2.19. The van der Waals surface area contributed by atoms with Crippen LogP contribution < -0.4 is 0 Å². The van der Waals surface area contributed by atoms with Crippen LogP contribution >= 0.6 is 0 Å². The van der Waals surface area contributed by atoms with Gasteiger partial charge >= 0.3 is 0 Å². The smallest absolute Gasteiger partial charge is 0.0955 e. The Labute approximate surface area is 89.6 Å². The standard InChI is InChI=1S/C12H16O3/c13-8-4-7-12(14)10-15-9-11-5-2-1-3-6-11/h1-7,12-14H,8-10H2/b7-4-. The molecule has 0 aliphatic heterocycles. The number of benzene rings is 1. The molecule has 0 aliphatic carbocycles. The zero-order chi connectivity index (χ0) is 10.9. The second-order valence-electron chi connectivity index (χ2n) is 3.18. The monoisotopic (exact) mass is 208 g/mol. The third-order valence-corrected chi connectivity index (χ3v) is 1.86. The lowest BCUT2D eigenvalue weighted by molar-refractivity contribution is 0.0501. The van der Waals surface area contributed by atoms with Gasteiger partial charge in [0.05, 0.1) is 25.9 Å². The van der Waals surface area contributed by atoms with Gasteiger partial charge in [0.25, 0.3) is 0 Å². The largest absolute Gasteiger partial charge is 0.392 e. The molecule has 3 nitrogen and oxygen atoms in total. The van der Waals surface area contributed by atoms with Crippen molar-refractivity contribution in [3.05, 3.63) is 48.0 Å². The summed E-state index contributed by atoms with van der Waals surface area (Å²) in [5.41, 5.74) is 1.08. The van der Waals surface area contributed by atoms with Gasteiger partial charge in [0, 0.05) is 0 Å². The zero-order valence-electron chi connectivity index (χ0n) is 8.54. The van der Waals surface area contributed by atoms with Gasteiger partial charge in [0.15, 0.2) is 0 Å². The Morgan fingerprint density at radius 3 is 2.67 bits per heavy atom. The van der Waals surface area contributed by atoms with E-state index in [2.05, 4.69) is 0 Å². The maximum absolute atomic E-state index is 9.34. The summed E-state index contributed by atoms with van der Waals surface area (Å²) >= 11 is 0. The number of aliphatic hydroxyl groups excluding tert-OH is 2. The fourth-order valence-corrected chi connectivity index (χ4v) is 1.15. The molecule has 0 heterocycles. The maximum Gasteiger partial charge on any atom is 0.0955 e. The predicted molar refractivity (Wildman–Crippen MR) is 58.3 cm³/mol. The average Bonchev–Trinajstić information content (AvgIpc) is 2.28. The van der Waals surface area contributed by atoms with Crippen LogP contribution in [0.3, 0.4) is 0 Å². The van der Waals surface area contributed by atoms with Gasteiger partial charge in [-0.15, -0.1) is 0 Å². The van der Waals surface area contributed by atoms with Gasteiger partial charge in [-0.05, 0) is 5.56 Å². The third-order valence-electron chi connectivity index (χ3n) is 1.86. The van der Waals surface area contributed by atoms with Crippen LogP contribution in [0, 0.1) is 0 Å². The molecule has 3 heteroatoms. The quantitative estimate of drug-likeness (QED) is 0.689. The van der Waals surface area contributed by atoms with Crippen LogP contribution in [0.2, 0.25) is 0 Å². The summed E-state index contributed by atoms with van der Waals surface area (Å²) < 4.78 is 5.30. The zero-order valence-corrected chi connectivity index (χ0v) is 8.54. The molecule has 0 fully saturated rings. The lowest BCUT2D eigenvalue weighted by Crippen LogP contribution is -2.12. The summed E-state index contributed by atoms with van der Waals surface area (Å²) in [5.74, 6) is 0. The van der Waals surface area contributed by atoms with E-state index in [1.165, 1.54) is 12.2 Å². The van der Waals surface area contributed by atoms with Gasteiger partial charge in [0.1, 0.15) is 0 Å². The van der Waals surface area contributed by atoms with E-state index < -0.39 is 6.10 Å². The molecular weight excluding hydrogens is 192 g/mol. The first-order valence-corrected chi connectivity index (χ1v) is 4.90. The third kappa shape index (κ3) is 5.32. The van der Waals surface area contributed by atoms with Crippen LogP contribution in [0.5, 0.6) is 0 Å². The maximum atomic E-state index is 9.34. The van der Waals surface area contributed by atoms with Crippen molar-refractivity contribution in [3.8, 4) is 0 Å². The minimum atomic E-state index is -0.652. The first-order valence-electron chi connectivity index (χ1n) is 4.90. The fourth-order valence-electron chi connectivity index (χ4n) is 1.15. The Morgan fingerprint density at radius 2 is 2.00 bits per heavy atom. The van der Waals surface area contributed by atoms with Gasteiger partial charge in [0.2, 0.25) is 0 Å². The van der Waals surface area contributed by atoms with Gasteiger partial charge in [-0.3, -0.25) is 0 Å². The molecule has 0 amide bonds. The molecule has 1 unspecified atom stereocenters. The van der Waals surface area contributed by atoms with Crippen molar-refractivity contribution in [1.29, 1.82) is 0 Å². The molecule has 0 saturated carbocycles. The molecule has 1 rings (SSSR count). The molecule has 0 bridgehead atoms. The Kier molecular flexibility index (Phi) is 5.70. The number of rotatable bonds is 6. The highest BCUT2D eigenvalue weighted by Gasteiger charge is 1.98. The van der Waals surface area contributed by atoms with E-state index in [-0.39, 0.29) is 13.2 Å². The molecular formula is C12H16O3. The Bertz CT molecular complexity index is 282. The molecule has 15 heavy (non-hydrogen) atoms. The van der Waals surface area contributed by atoms with Crippen molar-refractivity contribution < 1.29 is 14.9 Å². The SMILES string of the molecule is OC/C=C\C(O)COCc1ccccc1. The summed E-state index contributed by atoms with van der Waals surface area (Å²) in [6, 6.07) is 9.77. The molecule has 0 saturated heterocycles. The highest BCUT2D eigenvalue weighted by atomic mass is 16.5. The Hall–Kier alpha value is -1.16. The molecule has 1 atom stereocenters. The minimum Gasteiger partial charge on any atom is -0.392 e. The molecule has 0 aliphatic rings. The molecule has 82 valence electrons. The van der Waals surface area contributed by atoms with Crippen LogP contribution in [0.15, 0.2) is 42.5 Å². The first kappa shape index (κ1) is 11.9. The topological polar surface area (TPSA) is 49.7 Å². The highest BCUT2D eigenvalue weighted by molar-refractivity contribution is 5.13. The van der Waals surface area contributed by atoms with E-state index in [9.17, 15) is 5.11 Å². The summed E-state index contributed by atoms with van der Waals surface area (Å²) in [6.07, 6.45) is 2.36. The van der Waals surface area contributed by atoms with E-state index in [0.717, 1.165) is 5.56 Å². The van der Waals surface area contributed by atoms with Crippen LogP contribution in [0.1, 0.15) is 5.56 Å². The van der Waals surface area contributed by atoms with Crippen LogP contribution in [0.25, 0.3) is 0 Å². The fraction of sp³-hybridized carbons (Fsp3) is 0.333. The van der Waals surface area contributed by atoms with E-state index in [4.69, 9.17) is 9.84 Å². The molecule has 1 aromatic carbocycles. The van der Waals surface area contributed by atoms with Crippen molar-refractivity contribution in [1.82, 2.24) is 0 Å². The predicted octanol–water partition coefficient (Wildman–Crippen LogP) is 1.11. The van der Waals surface area contributed by atoms with E-state index in [0.29, 0.717) is 6.61 Å².